The van der Waals surface area contributed by atoms with Crippen LogP contribution in [-0.2, 0) is 24.0 Å². The number of fused-ring (bicyclic) bond motifs is 2. The summed E-state index contributed by atoms with van der Waals surface area (Å²) in [5.74, 6) is 3.47. The van der Waals surface area contributed by atoms with E-state index in [0.717, 1.165) is 117 Å². The maximum absolute atomic E-state index is 12.4. The number of methoxy groups -OCH3 is 1. The minimum atomic E-state index is -0.909. The number of nitrogens with one attached hydrogen (secondary N) is 1. The van der Waals surface area contributed by atoms with E-state index in [0.29, 0.717) is 91.6 Å². The molecule has 386 valence electrons. The predicted octanol–water partition coefficient (Wildman–Crippen LogP) is 9.44. The van der Waals surface area contributed by atoms with Crippen LogP contribution in [0.25, 0.3) is 11.1 Å². The molecule has 3 aromatic rings. The highest BCUT2D eigenvalue weighted by molar-refractivity contribution is 5.84. The number of aliphatic hydroxyl groups excluding tert-OH is 3. The highest BCUT2D eigenvalue weighted by Gasteiger charge is 2.55. The van der Waals surface area contributed by atoms with E-state index < -0.39 is 18.3 Å². The fraction of sp³-hybridized carbons (Fsp3) is 0.644. The summed E-state index contributed by atoms with van der Waals surface area (Å²) in [7, 11) is 1.71. The van der Waals surface area contributed by atoms with Gasteiger partial charge in [0.05, 0.1) is 19.3 Å². The molecule has 71 heavy (non-hydrogen) atoms. The average molecular weight is 976 g/mol. The van der Waals surface area contributed by atoms with Gasteiger partial charge in [0, 0.05) is 62.4 Å². The number of aromatic hydroxyl groups is 2. The van der Waals surface area contributed by atoms with E-state index in [2.05, 4.69) is 44.3 Å². The SMILES string of the molecule is CC[C@@H]1C[C@@H]2C=C[C@H]1C[C@@H](O)C[C@]1(CCCC13CCOCC3)CN=C(N)NCC[C@H]1[C@@H](CO)CCC[C@@H]1Oc1cc(ccc1O)[C@@H]1Oc3cc(OC)c4c(c3C[C@H]1O)[C@H]2Cc1cc(O)c(CC(C)C)cc1-4. The molecule has 1 saturated heterocycles. The number of ether oxygens (including phenoxy) is 4. The van der Waals surface area contributed by atoms with Crippen molar-refractivity contribution in [3.05, 3.63) is 76.4 Å². The van der Waals surface area contributed by atoms with Crippen molar-refractivity contribution >= 4 is 5.96 Å². The molecular formula is C59H81N3O9. The molecule has 0 amide bonds. The summed E-state index contributed by atoms with van der Waals surface area (Å²) in [4.78, 5) is 5.11. The summed E-state index contributed by atoms with van der Waals surface area (Å²) in [5.41, 5.74) is 13.5. The first-order valence-corrected chi connectivity index (χ1v) is 27.3. The molecule has 8 N–H and O–H groups in total. The average Bonchev–Trinajstić information content (AvgIpc) is 3.68. The lowest BCUT2D eigenvalue weighted by molar-refractivity contribution is -0.0671. The predicted molar refractivity (Wildman–Crippen MR) is 276 cm³/mol. The number of phenolic OH excluding ortho intramolecular Hbond substituents is 2. The highest BCUT2D eigenvalue weighted by Crippen LogP contribution is 2.62. The molecule has 12 nitrogen and oxygen atoms in total. The van der Waals surface area contributed by atoms with Crippen molar-refractivity contribution in [2.24, 2.45) is 57.1 Å². The van der Waals surface area contributed by atoms with Gasteiger partial charge in [-0.25, -0.2) is 0 Å². The number of guanidine groups is 1. The number of aliphatic imine (C=N–C) groups is 1. The van der Waals surface area contributed by atoms with Crippen LogP contribution >= 0.6 is 0 Å². The first-order valence-electron chi connectivity index (χ1n) is 27.3. The molecular weight excluding hydrogens is 895 g/mol. The lowest BCUT2D eigenvalue weighted by Gasteiger charge is -2.49. The van der Waals surface area contributed by atoms with E-state index in [-0.39, 0.29) is 58.9 Å². The summed E-state index contributed by atoms with van der Waals surface area (Å²) in [6, 6.07) is 11.4. The van der Waals surface area contributed by atoms with Crippen molar-refractivity contribution in [2.75, 3.05) is 40.0 Å². The molecule has 0 unspecified atom stereocenters. The van der Waals surface area contributed by atoms with Gasteiger partial charge in [-0.1, -0.05) is 51.8 Å². The van der Waals surface area contributed by atoms with Gasteiger partial charge in [0.15, 0.2) is 17.5 Å². The number of hydrogen-bond donors (Lipinski definition) is 7. The Morgan fingerprint density at radius 3 is 2.45 bits per heavy atom. The molecule has 2 saturated carbocycles. The zero-order valence-corrected chi connectivity index (χ0v) is 42.7. The number of benzene rings is 3. The summed E-state index contributed by atoms with van der Waals surface area (Å²) in [5, 5.41) is 61.6. The number of hydrogen-bond acceptors (Lipinski definition) is 12. The van der Waals surface area contributed by atoms with Crippen molar-refractivity contribution < 1.29 is 44.5 Å². The van der Waals surface area contributed by atoms with E-state index in [1.54, 1.807) is 19.2 Å². The monoisotopic (exact) mass is 976 g/mol. The van der Waals surface area contributed by atoms with Crippen molar-refractivity contribution in [3.8, 4) is 39.9 Å². The van der Waals surface area contributed by atoms with Crippen LogP contribution in [0.15, 0.2) is 53.5 Å². The van der Waals surface area contributed by atoms with Crippen LogP contribution in [0.3, 0.4) is 0 Å². The van der Waals surface area contributed by atoms with Gasteiger partial charge in [0.2, 0.25) is 0 Å². The van der Waals surface area contributed by atoms with Gasteiger partial charge in [0.1, 0.15) is 29.5 Å². The molecule has 10 aliphatic rings. The molecule has 6 aliphatic heterocycles. The molecule has 3 aromatic carbocycles. The van der Waals surface area contributed by atoms with Crippen LogP contribution in [0, 0.1) is 46.3 Å². The number of allylic oxidation sites excluding steroid dienone is 2. The summed E-state index contributed by atoms with van der Waals surface area (Å²) in [6.07, 6.45) is 15.8. The van der Waals surface area contributed by atoms with Crippen molar-refractivity contribution in [1.82, 2.24) is 5.32 Å². The van der Waals surface area contributed by atoms with Gasteiger partial charge in [-0.05, 0) is 182 Å². The van der Waals surface area contributed by atoms with Gasteiger partial charge in [-0.15, -0.1) is 0 Å². The Morgan fingerprint density at radius 1 is 0.873 bits per heavy atom. The van der Waals surface area contributed by atoms with E-state index in [4.69, 9.17) is 29.7 Å². The van der Waals surface area contributed by atoms with Gasteiger partial charge < -0.3 is 55.5 Å². The van der Waals surface area contributed by atoms with Crippen LogP contribution in [-0.4, -0.2) is 89.8 Å². The minimum Gasteiger partial charge on any atom is -0.508 e. The lowest BCUT2D eigenvalue weighted by atomic mass is 9.58. The zero-order chi connectivity index (χ0) is 49.6. The fourth-order valence-electron chi connectivity index (χ4n) is 15.2. The topological polar surface area (TPSA) is 188 Å². The zero-order valence-electron chi connectivity index (χ0n) is 42.7. The molecule has 0 radical (unpaired) electrons. The van der Waals surface area contributed by atoms with Crippen LogP contribution in [0.1, 0.15) is 144 Å². The largest absolute Gasteiger partial charge is 0.508 e. The smallest absolute Gasteiger partial charge is 0.188 e. The maximum Gasteiger partial charge on any atom is 0.188 e. The van der Waals surface area contributed by atoms with Gasteiger partial charge in [0.25, 0.3) is 0 Å². The molecule has 8 bridgehead atoms. The van der Waals surface area contributed by atoms with Crippen molar-refractivity contribution in [3.63, 3.8) is 0 Å². The number of rotatable bonds is 5. The van der Waals surface area contributed by atoms with Crippen LogP contribution in [0.2, 0.25) is 0 Å². The van der Waals surface area contributed by atoms with Crippen LogP contribution in [0.4, 0.5) is 0 Å². The van der Waals surface area contributed by atoms with E-state index >= 15 is 0 Å². The Bertz CT molecular complexity index is 2450. The van der Waals surface area contributed by atoms with Crippen LogP contribution < -0.4 is 25.3 Å². The Morgan fingerprint density at radius 2 is 1.68 bits per heavy atom. The van der Waals surface area contributed by atoms with E-state index in [1.165, 1.54) is 0 Å². The number of nitrogens with two attached hydrogens (primary N) is 1. The fourth-order valence-corrected chi connectivity index (χ4v) is 15.2. The number of nitrogens with zero attached hydrogens (tertiary/aromatic N) is 1. The minimum absolute atomic E-state index is 0.00529. The molecule has 3 fully saturated rings. The lowest BCUT2D eigenvalue weighted by Crippen LogP contribution is -2.47. The van der Waals surface area contributed by atoms with E-state index in [1.807, 2.05) is 18.2 Å². The summed E-state index contributed by atoms with van der Waals surface area (Å²) >= 11 is 0. The third-order valence-electron chi connectivity index (χ3n) is 18.8. The first kappa shape index (κ1) is 50.1. The third kappa shape index (κ3) is 9.65. The highest BCUT2D eigenvalue weighted by atomic mass is 16.5. The van der Waals surface area contributed by atoms with Gasteiger partial charge in [-0.2, -0.15) is 0 Å². The van der Waals surface area contributed by atoms with Crippen LogP contribution in [0.5, 0.6) is 28.7 Å². The van der Waals surface area contributed by atoms with Gasteiger partial charge >= 0.3 is 0 Å². The first-order chi connectivity index (χ1) is 34.3. The second kappa shape index (κ2) is 20.8. The van der Waals surface area contributed by atoms with Gasteiger partial charge in [-0.3, -0.25) is 4.99 Å². The molecule has 11 atom stereocenters. The van der Waals surface area contributed by atoms with Crippen molar-refractivity contribution in [2.45, 2.75) is 154 Å². The molecule has 6 heterocycles. The number of aliphatic hydroxyl groups is 3. The second-order valence-corrected chi connectivity index (χ2v) is 23.3. The Hall–Kier alpha value is -4.49. The normalized spacial score (nSPS) is 32.6. The Labute approximate surface area is 421 Å². The maximum atomic E-state index is 12.4. The number of phenols is 2. The molecule has 4 aliphatic carbocycles. The standard InChI is InChI=1S/C59H81N3O9/c1-5-35-23-37-11-10-36(35)24-42(64)31-59(16-7-15-58(59)17-20-69-21-18-58)33-62-57(60)61-19-14-43-39(32-63)8-6-9-50(43)70-52-28-38(12-13-47(52)65)56-49(67)29-46-51(71-56)30-53(68-4)55-45-26-41(22-34(2)3)48(66)27-40(45)25-44(37)54(46)55/h10-13,26-28,30,34-37,39,42-44,49-50,56,63-67H,5-9,14-25,29,31-33H2,1-4H3,(H3,60,61,62)/t35-,36+,37+,39-,42-,43+,44+,49-,50+,56+,59-/m1/s1. The Kier molecular flexibility index (Phi) is 14.7. The Balaban J connectivity index is 1.08. The second-order valence-electron chi connectivity index (χ2n) is 23.3. The third-order valence-corrected chi connectivity index (χ3v) is 18.8. The molecule has 0 aromatic heterocycles. The summed E-state index contributed by atoms with van der Waals surface area (Å²) in [6.45, 7) is 9.22. The quantitative estimate of drug-likeness (QED) is 0.121. The molecule has 13 rings (SSSR count). The molecule has 2 spiro atoms. The van der Waals surface area contributed by atoms with E-state index in [9.17, 15) is 25.5 Å². The molecule has 12 heteroatoms. The summed E-state index contributed by atoms with van der Waals surface area (Å²) < 4.78 is 26.0. The van der Waals surface area contributed by atoms with Crippen molar-refractivity contribution in [1.29, 1.82) is 0 Å².